The maximum Gasteiger partial charge on any atom is 0.252 e. The fourth-order valence-electron chi connectivity index (χ4n) is 4.09. The Morgan fingerprint density at radius 1 is 1.03 bits per heavy atom. The van der Waals surface area contributed by atoms with E-state index in [9.17, 15) is 14.0 Å². The third-order valence-corrected chi connectivity index (χ3v) is 6.02. The van der Waals surface area contributed by atoms with Gasteiger partial charge in [0.2, 0.25) is 5.91 Å². The van der Waals surface area contributed by atoms with E-state index in [2.05, 4.69) is 10.4 Å². The highest BCUT2D eigenvalue weighted by atomic mass is 19.1. The quantitative estimate of drug-likeness (QED) is 0.355. The molecule has 1 aromatic heterocycles. The fourth-order valence-corrected chi connectivity index (χ4v) is 4.09. The largest absolute Gasteiger partial charge is 0.368 e. The van der Waals surface area contributed by atoms with Gasteiger partial charge in [-0.3, -0.25) is 9.59 Å². The average molecular weight is 505 g/mol. The van der Waals surface area contributed by atoms with Gasteiger partial charge in [-0.05, 0) is 55.0 Å². The molecule has 37 heavy (non-hydrogen) atoms. The van der Waals surface area contributed by atoms with Crippen LogP contribution >= 0.6 is 0 Å². The lowest BCUT2D eigenvalue weighted by Gasteiger charge is -2.28. The number of aromatic nitrogens is 2. The molecule has 0 fully saturated rings. The molecule has 9 heteroatoms. The summed E-state index contributed by atoms with van der Waals surface area (Å²) in [6, 6.07) is 20.5. The lowest BCUT2D eigenvalue weighted by molar-refractivity contribution is -0.123. The number of carbonyl (C=O) groups is 2. The highest BCUT2D eigenvalue weighted by Crippen LogP contribution is 2.31. The van der Waals surface area contributed by atoms with Gasteiger partial charge < -0.3 is 15.8 Å². The van der Waals surface area contributed by atoms with Crippen LogP contribution in [0.1, 0.15) is 22.8 Å². The number of ether oxygens (including phenoxy) is 1. The number of carbonyl (C=O) groups excluding carboxylic acids is 2. The molecule has 190 valence electrons. The number of methoxy groups -OCH3 is 1. The smallest absolute Gasteiger partial charge is 0.252 e. The monoisotopic (exact) mass is 504 g/mol. The Bertz CT molecular complexity index is 1420. The maximum absolute atomic E-state index is 15.3. The van der Waals surface area contributed by atoms with Gasteiger partial charge in [-0.2, -0.15) is 5.10 Å². The third-order valence-electron chi connectivity index (χ3n) is 6.02. The average Bonchev–Trinajstić information content (AvgIpc) is 3.28. The van der Waals surface area contributed by atoms with Gasteiger partial charge in [-0.1, -0.05) is 36.4 Å². The molecule has 0 aliphatic heterocycles. The number of primary amides is 1. The van der Waals surface area contributed by atoms with Crippen molar-refractivity contribution in [2.24, 2.45) is 5.73 Å². The van der Waals surface area contributed by atoms with Crippen LogP contribution in [0.5, 0.6) is 0 Å². The molecule has 3 aromatic carbocycles. The Labute approximate surface area is 212 Å². The van der Waals surface area contributed by atoms with Gasteiger partial charge in [0.25, 0.3) is 5.91 Å². The van der Waals surface area contributed by atoms with Gasteiger partial charge in [0, 0.05) is 24.7 Å². The van der Waals surface area contributed by atoms with E-state index < -0.39 is 29.0 Å². The van der Waals surface area contributed by atoms with Crippen LogP contribution in [0.3, 0.4) is 0 Å². The molecule has 1 atom stereocenters. The summed E-state index contributed by atoms with van der Waals surface area (Å²) in [6.45, 7) is 1.50. The van der Waals surface area contributed by atoms with E-state index in [4.69, 9.17) is 10.5 Å². The summed E-state index contributed by atoms with van der Waals surface area (Å²) in [6.07, 6.45) is 0.149. The van der Waals surface area contributed by atoms with Crippen LogP contribution in [-0.4, -0.2) is 34.2 Å². The van der Waals surface area contributed by atoms with E-state index in [1.807, 2.05) is 30.3 Å². The standard InChI is InChI=1S/C28H26F2N4O3/c1-28(27(31)36,16-18-7-4-3-5-8-18)32-26(35)21-9-6-10-22(30)25(21)24-15-23(33-34(24)17-37-2)19-11-13-20(29)14-12-19/h3-15H,16-17H2,1-2H3,(H2,31,36)(H,32,35). The van der Waals surface area contributed by atoms with Crippen molar-refractivity contribution in [3.05, 3.63) is 102 Å². The minimum absolute atomic E-state index is 0.0107. The number of nitrogens with one attached hydrogen (secondary N) is 1. The van der Waals surface area contributed by atoms with Gasteiger partial charge >= 0.3 is 0 Å². The molecule has 0 aliphatic rings. The second kappa shape index (κ2) is 10.7. The zero-order valence-electron chi connectivity index (χ0n) is 20.4. The molecule has 7 nitrogen and oxygen atoms in total. The normalized spacial score (nSPS) is 12.6. The molecule has 0 bridgehead atoms. The number of rotatable bonds is 9. The SMILES string of the molecule is COCn1nc(-c2ccc(F)cc2)cc1-c1c(F)cccc1C(=O)NC(C)(Cc1ccccc1)C(N)=O. The summed E-state index contributed by atoms with van der Waals surface area (Å²) >= 11 is 0. The molecule has 0 saturated heterocycles. The van der Waals surface area contributed by atoms with Crippen molar-refractivity contribution in [3.63, 3.8) is 0 Å². The van der Waals surface area contributed by atoms with E-state index in [1.165, 1.54) is 49.0 Å². The Kier molecular flexibility index (Phi) is 7.45. The minimum atomic E-state index is -1.44. The molecule has 2 amide bonds. The molecule has 4 rings (SSSR count). The van der Waals surface area contributed by atoms with Gasteiger partial charge in [-0.25, -0.2) is 13.5 Å². The van der Waals surface area contributed by atoms with Crippen molar-refractivity contribution in [1.82, 2.24) is 15.1 Å². The number of benzene rings is 3. The van der Waals surface area contributed by atoms with E-state index in [0.29, 0.717) is 11.3 Å². The van der Waals surface area contributed by atoms with E-state index in [0.717, 1.165) is 5.56 Å². The number of halogens is 2. The number of hydrogen-bond acceptors (Lipinski definition) is 4. The number of hydrogen-bond donors (Lipinski definition) is 2. The number of nitrogens with two attached hydrogens (primary N) is 1. The summed E-state index contributed by atoms with van der Waals surface area (Å²) in [5.41, 5.74) is 6.32. The Morgan fingerprint density at radius 2 is 1.73 bits per heavy atom. The first kappa shape index (κ1) is 25.7. The molecular weight excluding hydrogens is 478 g/mol. The zero-order chi connectivity index (χ0) is 26.6. The van der Waals surface area contributed by atoms with Gasteiger partial charge in [0.05, 0.1) is 17.0 Å². The van der Waals surface area contributed by atoms with Crippen molar-refractivity contribution in [2.75, 3.05) is 7.11 Å². The zero-order valence-corrected chi connectivity index (χ0v) is 20.4. The Morgan fingerprint density at radius 3 is 2.38 bits per heavy atom. The molecule has 1 heterocycles. The summed E-state index contributed by atoms with van der Waals surface area (Å²) in [5, 5.41) is 7.18. The highest BCUT2D eigenvalue weighted by molar-refractivity contribution is 6.03. The molecular formula is C28H26F2N4O3. The van der Waals surface area contributed by atoms with Crippen LogP contribution in [-0.2, 0) is 22.7 Å². The van der Waals surface area contributed by atoms with Crippen molar-refractivity contribution in [3.8, 4) is 22.5 Å². The number of amides is 2. The van der Waals surface area contributed by atoms with Crippen LogP contribution in [0.4, 0.5) is 8.78 Å². The summed E-state index contributed by atoms with van der Waals surface area (Å²) < 4.78 is 35.4. The first-order valence-corrected chi connectivity index (χ1v) is 11.5. The molecule has 0 saturated carbocycles. The van der Waals surface area contributed by atoms with Crippen LogP contribution in [0.15, 0.2) is 78.9 Å². The maximum atomic E-state index is 15.3. The Hall–Kier alpha value is -4.37. The lowest BCUT2D eigenvalue weighted by Crippen LogP contribution is -2.56. The van der Waals surface area contributed by atoms with Gasteiger partial charge in [0.15, 0.2) is 0 Å². The topological polar surface area (TPSA) is 99.2 Å². The van der Waals surface area contributed by atoms with Gasteiger partial charge in [0.1, 0.15) is 23.9 Å². The third kappa shape index (κ3) is 5.57. The van der Waals surface area contributed by atoms with Crippen molar-refractivity contribution in [1.29, 1.82) is 0 Å². The van der Waals surface area contributed by atoms with Crippen LogP contribution in [0, 0.1) is 11.6 Å². The van der Waals surface area contributed by atoms with Crippen molar-refractivity contribution < 1.29 is 23.1 Å². The van der Waals surface area contributed by atoms with Crippen molar-refractivity contribution in [2.45, 2.75) is 25.6 Å². The van der Waals surface area contributed by atoms with Crippen LogP contribution in [0.25, 0.3) is 22.5 Å². The summed E-state index contributed by atoms with van der Waals surface area (Å²) in [7, 11) is 1.46. The highest BCUT2D eigenvalue weighted by Gasteiger charge is 2.34. The first-order chi connectivity index (χ1) is 17.7. The second-order valence-corrected chi connectivity index (χ2v) is 8.81. The van der Waals surface area contributed by atoms with Crippen LogP contribution < -0.4 is 11.1 Å². The molecule has 1 unspecified atom stereocenters. The second-order valence-electron chi connectivity index (χ2n) is 8.81. The molecule has 0 spiro atoms. The predicted octanol–water partition coefficient (Wildman–Crippen LogP) is 4.32. The fraction of sp³-hybridized carbons (Fsp3) is 0.179. The first-order valence-electron chi connectivity index (χ1n) is 11.5. The predicted molar refractivity (Wildman–Crippen MR) is 135 cm³/mol. The molecule has 0 radical (unpaired) electrons. The van der Waals surface area contributed by atoms with Crippen molar-refractivity contribution >= 4 is 11.8 Å². The number of nitrogens with zero attached hydrogens (tertiary/aromatic N) is 2. The van der Waals surface area contributed by atoms with Gasteiger partial charge in [-0.15, -0.1) is 0 Å². The van der Waals surface area contributed by atoms with E-state index >= 15 is 4.39 Å². The summed E-state index contributed by atoms with van der Waals surface area (Å²) in [4.78, 5) is 25.9. The summed E-state index contributed by atoms with van der Waals surface area (Å²) in [5.74, 6) is -2.48. The molecule has 0 aliphatic carbocycles. The minimum Gasteiger partial charge on any atom is -0.368 e. The molecule has 3 N–H and O–H groups in total. The van der Waals surface area contributed by atoms with E-state index in [1.54, 1.807) is 18.2 Å². The Balaban J connectivity index is 1.75. The van der Waals surface area contributed by atoms with Crippen LogP contribution in [0.2, 0.25) is 0 Å². The molecule has 4 aromatic rings. The lowest BCUT2D eigenvalue weighted by atomic mass is 9.91. The van der Waals surface area contributed by atoms with E-state index in [-0.39, 0.29) is 30.0 Å².